The summed E-state index contributed by atoms with van der Waals surface area (Å²) in [5, 5.41) is 3.31. The van der Waals surface area contributed by atoms with Crippen LogP contribution in [0, 0.1) is 17.4 Å². The molecule has 88 valence electrons. The molecule has 2 nitrogen and oxygen atoms in total. The number of aryl methyl sites for hydroxylation is 1. The number of hydrogen-bond donors (Lipinski definition) is 1. The van der Waals surface area contributed by atoms with Crippen molar-refractivity contribution in [2.75, 3.05) is 0 Å². The maximum atomic E-state index is 13.1. The first-order chi connectivity index (χ1) is 8.15. The zero-order valence-electron chi connectivity index (χ0n) is 9.53. The van der Waals surface area contributed by atoms with E-state index in [1.54, 1.807) is 6.07 Å². The largest absolute Gasteiger partial charge is 0.297 e. The second kappa shape index (κ2) is 3.81. The summed E-state index contributed by atoms with van der Waals surface area (Å²) in [6.45, 7) is 1.89. The monoisotopic (exact) mass is 248 g/mol. The Morgan fingerprint density at radius 2 is 2.12 bits per heavy atom. The maximum Gasteiger partial charge on any atom is 0.127 e. The molecule has 3 rings (SSSR count). The lowest BCUT2D eigenvalue weighted by atomic mass is 10.2. The molecule has 1 N–H and O–H groups in total. The molecule has 1 aromatic carbocycles. The summed E-state index contributed by atoms with van der Waals surface area (Å²) in [6.07, 6.45) is 2.47. The van der Waals surface area contributed by atoms with Gasteiger partial charge in [0.25, 0.3) is 0 Å². The van der Waals surface area contributed by atoms with Crippen molar-refractivity contribution in [1.29, 1.82) is 0 Å². The zero-order chi connectivity index (χ0) is 12.0. The minimum Gasteiger partial charge on any atom is -0.297 e. The smallest absolute Gasteiger partial charge is 0.127 e. The van der Waals surface area contributed by atoms with E-state index in [0.717, 1.165) is 15.9 Å². The molecule has 0 spiro atoms. The van der Waals surface area contributed by atoms with Crippen LogP contribution >= 0.6 is 12.2 Å². The quantitative estimate of drug-likeness (QED) is 0.800. The lowest BCUT2D eigenvalue weighted by Gasteiger charge is -2.07. The number of aromatic nitrogens is 2. The Kier molecular flexibility index (Phi) is 2.40. The molecule has 0 bridgehead atoms. The Hall–Kier alpha value is -1.42. The second-order valence-corrected chi connectivity index (χ2v) is 5.01. The van der Waals surface area contributed by atoms with Crippen molar-refractivity contribution in [3.8, 4) is 5.69 Å². The molecule has 1 aliphatic rings. The minimum atomic E-state index is -0.216. The maximum absolute atomic E-state index is 13.1. The summed E-state index contributed by atoms with van der Waals surface area (Å²) >= 11 is 5.33. The predicted octanol–water partition coefficient (Wildman–Crippen LogP) is 3.86. The minimum absolute atomic E-state index is 0.216. The van der Waals surface area contributed by atoms with Crippen LogP contribution in [0.3, 0.4) is 0 Å². The highest BCUT2D eigenvalue weighted by Gasteiger charge is 2.25. The fourth-order valence-corrected chi connectivity index (χ4v) is 2.34. The topological polar surface area (TPSA) is 20.7 Å². The van der Waals surface area contributed by atoms with Crippen molar-refractivity contribution >= 4 is 12.2 Å². The van der Waals surface area contributed by atoms with Crippen LogP contribution in [0.25, 0.3) is 5.69 Å². The highest BCUT2D eigenvalue weighted by Crippen LogP contribution is 2.39. The normalized spacial score (nSPS) is 15.2. The third-order valence-electron chi connectivity index (χ3n) is 3.16. The van der Waals surface area contributed by atoms with Crippen molar-refractivity contribution in [2.45, 2.75) is 25.7 Å². The van der Waals surface area contributed by atoms with E-state index < -0.39 is 0 Å². The van der Waals surface area contributed by atoms with Gasteiger partial charge in [0.1, 0.15) is 10.5 Å². The van der Waals surface area contributed by atoms with Gasteiger partial charge in [0.05, 0.1) is 5.69 Å². The Balaban J connectivity index is 2.11. The first kappa shape index (κ1) is 10.7. The van der Waals surface area contributed by atoms with Crippen molar-refractivity contribution in [3.63, 3.8) is 0 Å². The van der Waals surface area contributed by atoms with Gasteiger partial charge in [0, 0.05) is 11.6 Å². The van der Waals surface area contributed by atoms with Crippen LogP contribution in [0.5, 0.6) is 0 Å². The number of H-pyrrole nitrogens is 1. The molecule has 1 aromatic heterocycles. The highest BCUT2D eigenvalue weighted by atomic mass is 32.1. The predicted molar refractivity (Wildman–Crippen MR) is 67.6 cm³/mol. The van der Waals surface area contributed by atoms with Gasteiger partial charge < -0.3 is 0 Å². The van der Waals surface area contributed by atoms with Crippen molar-refractivity contribution < 1.29 is 4.39 Å². The Morgan fingerprint density at radius 1 is 1.35 bits per heavy atom. The second-order valence-electron chi connectivity index (χ2n) is 4.59. The molecule has 0 atom stereocenters. The molecule has 0 aliphatic heterocycles. The van der Waals surface area contributed by atoms with Crippen LogP contribution in [0.15, 0.2) is 24.3 Å². The lowest BCUT2D eigenvalue weighted by molar-refractivity contribution is 0.625. The van der Waals surface area contributed by atoms with Gasteiger partial charge >= 0.3 is 0 Å². The Labute approximate surface area is 104 Å². The Morgan fingerprint density at radius 3 is 2.76 bits per heavy atom. The summed E-state index contributed by atoms with van der Waals surface area (Å²) in [5.74, 6) is 0.422. The van der Waals surface area contributed by atoms with Gasteiger partial charge in [0.2, 0.25) is 0 Å². The van der Waals surface area contributed by atoms with E-state index in [1.807, 2.05) is 17.7 Å². The van der Waals surface area contributed by atoms with Gasteiger partial charge in [-0.05, 0) is 49.6 Å². The number of aromatic amines is 1. The van der Waals surface area contributed by atoms with Gasteiger partial charge in [-0.25, -0.2) is 9.07 Å². The molecule has 1 aliphatic carbocycles. The number of rotatable bonds is 2. The molecule has 0 unspecified atom stereocenters. The van der Waals surface area contributed by atoms with Gasteiger partial charge in [-0.1, -0.05) is 12.2 Å². The van der Waals surface area contributed by atoms with E-state index in [4.69, 9.17) is 12.2 Å². The summed E-state index contributed by atoms with van der Waals surface area (Å²) in [4.78, 5) is 0. The summed E-state index contributed by atoms with van der Waals surface area (Å²) < 4.78 is 15.7. The summed E-state index contributed by atoms with van der Waals surface area (Å²) in [5.41, 5.74) is 2.99. The average molecular weight is 248 g/mol. The van der Waals surface area contributed by atoms with Gasteiger partial charge in [-0.3, -0.25) is 5.10 Å². The molecule has 2 aromatic rings. The number of nitrogens with zero attached hydrogens (tertiary/aromatic N) is 1. The first-order valence-corrected chi connectivity index (χ1v) is 6.14. The molecule has 1 fully saturated rings. The molecule has 0 amide bonds. The van der Waals surface area contributed by atoms with Crippen LogP contribution in [0.1, 0.15) is 30.0 Å². The van der Waals surface area contributed by atoms with E-state index in [0.29, 0.717) is 5.92 Å². The molecule has 1 heterocycles. The van der Waals surface area contributed by atoms with Crippen molar-refractivity contribution in [3.05, 3.63) is 46.0 Å². The van der Waals surface area contributed by atoms with E-state index in [-0.39, 0.29) is 5.82 Å². The molecule has 4 heteroatoms. The van der Waals surface area contributed by atoms with Crippen LogP contribution in [-0.4, -0.2) is 9.78 Å². The zero-order valence-corrected chi connectivity index (χ0v) is 10.4. The number of halogens is 1. The third-order valence-corrected chi connectivity index (χ3v) is 3.46. The average Bonchev–Trinajstić information content (AvgIpc) is 3.04. The van der Waals surface area contributed by atoms with Gasteiger partial charge in [-0.15, -0.1) is 0 Å². The molecule has 0 saturated heterocycles. The van der Waals surface area contributed by atoms with Crippen LogP contribution in [-0.2, 0) is 0 Å². The number of benzene rings is 1. The van der Waals surface area contributed by atoms with Gasteiger partial charge in [0.15, 0.2) is 0 Å². The van der Waals surface area contributed by atoms with Crippen LogP contribution < -0.4 is 0 Å². The number of hydrogen-bond acceptors (Lipinski definition) is 1. The lowest BCUT2D eigenvalue weighted by Crippen LogP contribution is -2.00. The van der Waals surface area contributed by atoms with Crippen LogP contribution in [0.4, 0.5) is 4.39 Å². The molecular weight excluding hydrogens is 235 g/mol. The van der Waals surface area contributed by atoms with Crippen LogP contribution in [0.2, 0.25) is 0 Å². The van der Waals surface area contributed by atoms with E-state index >= 15 is 0 Å². The summed E-state index contributed by atoms with van der Waals surface area (Å²) in [6, 6.07) is 6.75. The fraction of sp³-hybridized carbons (Fsp3) is 0.308. The van der Waals surface area contributed by atoms with E-state index in [1.165, 1.54) is 30.7 Å². The SMILES string of the molecule is Cc1cc(F)ccc1-n1[nH]c(C2CC2)cc1=S. The standard InChI is InChI=1S/C13H13FN2S/c1-8-6-10(14)4-5-12(8)16-13(17)7-11(15-16)9-2-3-9/h4-7,9,15H,2-3H2,1H3. The van der Waals surface area contributed by atoms with E-state index in [9.17, 15) is 4.39 Å². The van der Waals surface area contributed by atoms with Crippen molar-refractivity contribution in [1.82, 2.24) is 9.78 Å². The number of nitrogens with one attached hydrogen (secondary N) is 1. The van der Waals surface area contributed by atoms with Crippen molar-refractivity contribution in [2.24, 2.45) is 0 Å². The molecule has 17 heavy (non-hydrogen) atoms. The Bertz CT molecular complexity index is 623. The van der Waals surface area contributed by atoms with E-state index in [2.05, 4.69) is 5.10 Å². The molecule has 0 radical (unpaired) electrons. The van der Waals surface area contributed by atoms with Gasteiger partial charge in [-0.2, -0.15) is 0 Å². The third kappa shape index (κ3) is 1.93. The molecular formula is C13H13FN2S. The first-order valence-electron chi connectivity index (χ1n) is 5.73. The highest BCUT2D eigenvalue weighted by molar-refractivity contribution is 7.71. The fourth-order valence-electron chi connectivity index (χ4n) is 2.07. The summed E-state index contributed by atoms with van der Waals surface area (Å²) in [7, 11) is 0. The molecule has 1 saturated carbocycles.